The summed E-state index contributed by atoms with van der Waals surface area (Å²) >= 11 is 0. The van der Waals surface area contributed by atoms with Crippen LogP contribution in [-0.4, -0.2) is 0 Å². The molecule has 286 valence electrons. The maximum atomic E-state index is 6.47. The van der Waals surface area contributed by atoms with Gasteiger partial charge < -0.3 is 8.83 Å². The Morgan fingerprint density at radius 3 is 1.33 bits per heavy atom. The summed E-state index contributed by atoms with van der Waals surface area (Å²) in [5.74, 6) is 0.897. The van der Waals surface area contributed by atoms with Gasteiger partial charge in [0.2, 0.25) is 0 Å². The Labute approximate surface area is 352 Å². The van der Waals surface area contributed by atoms with E-state index >= 15 is 0 Å². The second-order valence-electron chi connectivity index (χ2n) is 16.0. The van der Waals surface area contributed by atoms with Crippen molar-refractivity contribution in [1.82, 2.24) is 0 Å². The van der Waals surface area contributed by atoms with Gasteiger partial charge in [-0.1, -0.05) is 176 Å². The molecule has 12 aromatic rings. The maximum Gasteiger partial charge on any atom is 0.143 e. The summed E-state index contributed by atoms with van der Waals surface area (Å²) in [4.78, 5) is 0. The molecule has 0 N–H and O–H groups in total. The van der Waals surface area contributed by atoms with Crippen LogP contribution in [0.4, 0.5) is 0 Å². The lowest BCUT2D eigenvalue weighted by molar-refractivity contribution is 0.580. The second kappa shape index (κ2) is 13.8. The van der Waals surface area contributed by atoms with Gasteiger partial charge in [0.25, 0.3) is 0 Å². The van der Waals surface area contributed by atoms with Crippen molar-refractivity contribution in [2.45, 2.75) is 6.92 Å². The number of fused-ring (bicyclic) bond motifs is 10. The number of rotatable bonds is 6. The molecule has 2 heteroatoms. The molecule has 0 bridgehead atoms. The molecule has 0 unspecified atom stereocenters. The first-order chi connectivity index (χ1) is 30.1. The molecule has 2 nitrogen and oxygen atoms in total. The summed E-state index contributed by atoms with van der Waals surface area (Å²) in [5, 5.41) is 12.8. The van der Waals surface area contributed by atoms with Gasteiger partial charge in [-0.15, -0.1) is 0 Å². The van der Waals surface area contributed by atoms with Crippen LogP contribution < -0.4 is 0 Å². The average molecular weight is 779 g/mol. The summed E-state index contributed by atoms with van der Waals surface area (Å²) in [6.45, 7) is 5.95. The highest BCUT2D eigenvalue weighted by molar-refractivity contribution is 6.23. The van der Waals surface area contributed by atoms with E-state index in [0.29, 0.717) is 0 Å². The van der Waals surface area contributed by atoms with Crippen LogP contribution in [0.25, 0.3) is 127 Å². The van der Waals surface area contributed by atoms with E-state index in [9.17, 15) is 0 Å². The largest absolute Gasteiger partial charge is 0.460 e. The molecule has 2 heterocycles. The Balaban J connectivity index is 1.07. The molecule has 61 heavy (non-hydrogen) atoms. The minimum Gasteiger partial charge on any atom is -0.460 e. The highest BCUT2D eigenvalue weighted by Gasteiger charge is 2.21. The fraction of sp³-hybridized carbons (Fsp3) is 0.0169. The van der Waals surface area contributed by atoms with Crippen LogP contribution >= 0.6 is 0 Å². The van der Waals surface area contributed by atoms with Gasteiger partial charge >= 0.3 is 0 Å². The van der Waals surface area contributed by atoms with Crippen LogP contribution in [0.15, 0.2) is 210 Å². The number of para-hydroxylation sites is 1. The molecule has 0 aliphatic carbocycles. The van der Waals surface area contributed by atoms with E-state index < -0.39 is 0 Å². The SMILES string of the molecule is C=C/C=C\c1c(C)oc2c1cc(-c1cccc(-c3c4ccccc4c(-c4cccc(-c5cc6c7ccccc7oc6c6ccccc56)c4)c4ccccc34)c1)c1ccccc12. The van der Waals surface area contributed by atoms with Gasteiger partial charge in [-0.05, 0) is 114 Å². The summed E-state index contributed by atoms with van der Waals surface area (Å²) in [7, 11) is 0. The molecule has 0 fully saturated rings. The van der Waals surface area contributed by atoms with Crippen molar-refractivity contribution in [2.75, 3.05) is 0 Å². The first kappa shape index (κ1) is 35.0. The fourth-order valence-electron chi connectivity index (χ4n) is 9.89. The number of aryl methyl sites for hydroxylation is 1. The Kier molecular flexibility index (Phi) is 7.95. The summed E-state index contributed by atoms with van der Waals surface area (Å²) in [5.41, 5.74) is 13.4. The number of benzene rings is 10. The van der Waals surface area contributed by atoms with Gasteiger partial charge in [-0.2, -0.15) is 0 Å². The Morgan fingerprint density at radius 2 is 0.803 bits per heavy atom. The number of furan rings is 2. The molecule has 0 aliphatic rings. The van der Waals surface area contributed by atoms with E-state index in [2.05, 4.69) is 189 Å². The standard InChI is InChI=1S/C59H38O2/c1-3-4-21-41-36(2)60-58-49-29-11-5-22-42(49)51(34-53(41)58)37-17-15-19-39(32-37)56-45-25-7-9-27-47(45)57(48-28-10-8-26-46(48)56)40-20-16-18-38(33-40)52-35-54-44-24-13-14-31-55(44)61-59(54)50-30-12-6-23-43(50)52/h3-35H,1H2,2H3/b21-4-. The van der Waals surface area contributed by atoms with Crippen LogP contribution in [0.5, 0.6) is 0 Å². The normalized spacial score (nSPS) is 12.0. The molecule has 2 aromatic heterocycles. The van der Waals surface area contributed by atoms with E-state index in [4.69, 9.17) is 8.83 Å². The van der Waals surface area contributed by atoms with Crippen molar-refractivity contribution in [3.8, 4) is 44.5 Å². The van der Waals surface area contributed by atoms with Crippen molar-refractivity contribution >= 4 is 82.1 Å². The molecular formula is C59H38O2. The molecule has 12 rings (SSSR count). The lowest BCUT2D eigenvalue weighted by atomic mass is 9.84. The van der Waals surface area contributed by atoms with E-state index in [1.807, 2.05) is 25.1 Å². The Morgan fingerprint density at radius 1 is 0.377 bits per heavy atom. The number of allylic oxidation sites excluding steroid dienone is 2. The van der Waals surface area contributed by atoms with E-state index in [1.165, 1.54) is 65.9 Å². The highest BCUT2D eigenvalue weighted by Crippen LogP contribution is 2.47. The monoisotopic (exact) mass is 778 g/mol. The third kappa shape index (κ3) is 5.43. The van der Waals surface area contributed by atoms with Crippen molar-refractivity contribution in [1.29, 1.82) is 0 Å². The summed E-state index contributed by atoms with van der Waals surface area (Å²) < 4.78 is 12.9. The van der Waals surface area contributed by atoms with Gasteiger partial charge in [0.05, 0.1) is 0 Å². The minimum absolute atomic E-state index is 0.897. The summed E-state index contributed by atoms with van der Waals surface area (Å²) in [6, 6.07) is 66.2. The number of hydrogen-bond acceptors (Lipinski definition) is 2. The van der Waals surface area contributed by atoms with Crippen molar-refractivity contribution < 1.29 is 8.83 Å². The van der Waals surface area contributed by atoms with Crippen molar-refractivity contribution in [3.05, 3.63) is 212 Å². The predicted octanol–water partition coefficient (Wildman–Crippen LogP) is 17.1. The molecule has 0 radical (unpaired) electrons. The average Bonchev–Trinajstić information content (AvgIpc) is 3.86. The number of hydrogen-bond donors (Lipinski definition) is 0. The minimum atomic E-state index is 0.897. The summed E-state index contributed by atoms with van der Waals surface area (Å²) in [6.07, 6.45) is 5.89. The molecule has 0 atom stereocenters. The van der Waals surface area contributed by atoms with Crippen LogP contribution in [0.2, 0.25) is 0 Å². The van der Waals surface area contributed by atoms with Crippen LogP contribution in [-0.2, 0) is 0 Å². The first-order valence-electron chi connectivity index (χ1n) is 20.9. The lowest BCUT2D eigenvalue weighted by Crippen LogP contribution is -1.92. The third-order valence-corrected chi connectivity index (χ3v) is 12.6. The second-order valence-corrected chi connectivity index (χ2v) is 16.0. The van der Waals surface area contributed by atoms with Gasteiger partial charge in [0.1, 0.15) is 22.5 Å². The first-order valence-corrected chi connectivity index (χ1v) is 20.9. The molecule has 0 saturated heterocycles. The maximum absolute atomic E-state index is 6.47. The van der Waals surface area contributed by atoms with Crippen LogP contribution in [0.3, 0.4) is 0 Å². The lowest BCUT2D eigenvalue weighted by Gasteiger charge is -2.19. The van der Waals surface area contributed by atoms with Gasteiger partial charge in [-0.3, -0.25) is 0 Å². The molecular weight excluding hydrogens is 741 g/mol. The zero-order chi connectivity index (χ0) is 40.6. The molecule has 0 aliphatic heterocycles. The van der Waals surface area contributed by atoms with Gasteiger partial charge in [-0.25, -0.2) is 0 Å². The molecule has 0 saturated carbocycles. The fourth-order valence-corrected chi connectivity index (χ4v) is 9.89. The van der Waals surface area contributed by atoms with Crippen molar-refractivity contribution in [2.24, 2.45) is 0 Å². The topological polar surface area (TPSA) is 26.3 Å². The van der Waals surface area contributed by atoms with Crippen molar-refractivity contribution in [3.63, 3.8) is 0 Å². The Bertz CT molecular complexity index is 3740. The predicted molar refractivity (Wildman–Crippen MR) is 259 cm³/mol. The molecule has 0 amide bonds. The van der Waals surface area contributed by atoms with Crippen LogP contribution in [0.1, 0.15) is 11.3 Å². The van der Waals surface area contributed by atoms with Gasteiger partial charge in [0.15, 0.2) is 0 Å². The van der Waals surface area contributed by atoms with E-state index in [-0.39, 0.29) is 0 Å². The molecule has 10 aromatic carbocycles. The highest BCUT2D eigenvalue weighted by atomic mass is 16.3. The van der Waals surface area contributed by atoms with Gasteiger partial charge in [0, 0.05) is 32.5 Å². The Hall–Kier alpha value is -7.94. The zero-order valence-corrected chi connectivity index (χ0v) is 33.6. The molecule has 0 spiro atoms. The third-order valence-electron chi connectivity index (χ3n) is 12.6. The van der Waals surface area contributed by atoms with E-state index in [1.54, 1.807) is 0 Å². The zero-order valence-electron chi connectivity index (χ0n) is 33.6. The smallest absolute Gasteiger partial charge is 0.143 e. The van der Waals surface area contributed by atoms with E-state index in [0.717, 1.165) is 66.0 Å². The quantitative estimate of drug-likeness (QED) is 0.124. The van der Waals surface area contributed by atoms with Crippen LogP contribution in [0, 0.1) is 6.92 Å².